The van der Waals surface area contributed by atoms with Crippen LogP contribution < -0.4 is 5.32 Å². The highest BCUT2D eigenvalue weighted by molar-refractivity contribution is 4.74. The Labute approximate surface area is 82.5 Å². The molecule has 14 heavy (non-hydrogen) atoms. The van der Waals surface area contributed by atoms with Gasteiger partial charge in [-0.3, -0.25) is 0 Å². The van der Waals surface area contributed by atoms with Gasteiger partial charge in [0.2, 0.25) is 0 Å². The minimum atomic E-state index is -4.23. The molecular weight excluding hydrogens is 193 g/mol. The quantitative estimate of drug-likeness (QED) is 0.715. The largest absolute Gasteiger partial charge is 0.457 e. The van der Waals surface area contributed by atoms with E-state index in [4.69, 9.17) is 0 Å². The average Bonchev–Trinajstić information content (AvgIpc) is 2.14. The van der Waals surface area contributed by atoms with Gasteiger partial charge in [-0.1, -0.05) is 6.92 Å². The summed E-state index contributed by atoms with van der Waals surface area (Å²) in [5, 5.41) is 1.61. The van der Waals surface area contributed by atoms with Crippen LogP contribution in [-0.4, -0.2) is 37.4 Å². The van der Waals surface area contributed by atoms with Crippen molar-refractivity contribution in [2.45, 2.75) is 26.1 Å². The van der Waals surface area contributed by atoms with Crippen LogP contribution in [0.25, 0.3) is 0 Å². The van der Waals surface area contributed by atoms with Crippen molar-refractivity contribution in [3.63, 3.8) is 0 Å². The minimum absolute atomic E-state index is 0.0556. The van der Waals surface area contributed by atoms with Crippen LogP contribution in [0.3, 0.4) is 0 Å². The summed E-state index contributed by atoms with van der Waals surface area (Å²) in [6.07, 6.45) is -2.31. The standard InChI is InChI=1S/C9H17F3N2/c1-2-14-5-3-4-8(7-14)6-13-9(10,11)12/h8,13H,2-7H2,1H3. The van der Waals surface area contributed by atoms with Crippen LogP contribution in [0.1, 0.15) is 19.8 Å². The lowest BCUT2D eigenvalue weighted by atomic mass is 9.98. The van der Waals surface area contributed by atoms with Crippen molar-refractivity contribution >= 4 is 0 Å². The molecule has 0 aromatic carbocycles. The molecule has 0 aromatic rings. The number of halogens is 3. The summed E-state index contributed by atoms with van der Waals surface area (Å²) in [5.41, 5.74) is 0. The van der Waals surface area contributed by atoms with Gasteiger partial charge in [-0.25, -0.2) is 5.32 Å². The molecule has 1 saturated heterocycles. The van der Waals surface area contributed by atoms with Crippen LogP contribution in [0.2, 0.25) is 0 Å². The van der Waals surface area contributed by atoms with Crippen molar-refractivity contribution in [3.8, 4) is 0 Å². The Bertz CT molecular complexity index is 170. The number of rotatable bonds is 3. The molecule has 5 heteroatoms. The predicted molar refractivity (Wildman–Crippen MR) is 48.9 cm³/mol. The first-order valence-electron chi connectivity index (χ1n) is 5.05. The molecule has 0 radical (unpaired) electrons. The van der Waals surface area contributed by atoms with E-state index in [1.165, 1.54) is 0 Å². The van der Waals surface area contributed by atoms with E-state index in [0.29, 0.717) is 0 Å². The highest BCUT2D eigenvalue weighted by Crippen LogP contribution is 2.17. The van der Waals surface area contributed by atoms with Crippen molar-refractivity contribution in [1.82, 2.24) is 10.2 Å². The van der Waals surface area contributed by atoms with Crippen LogP contribution in [-0.2, 0) is 0 Å². The second-order valence-electron chi connectivity index (χ2n) is 3.78. The van der Waals surface area contributed by atoms with E-state index in [1.54, 1.807) is 5.32 Å². The molecule has 1 rings (SSSR count). The van der Waals surface area contributed by atoms with Gasteiger partial charge in [-0.2, -0.15) is 13.2 Å². The Hall–Kier alpha value is -0.290. The fourth-order valence-electron chi connectivity index (χ4n) is 1.87. The lowest BCUT2D eigenvalue weighted by Gasteiger charge is -2.32. The fourth-order valence-corrected chi connectivity index (χ4v) is 1.87. The number of alkyl halides is 3. The number of piperidine rings is 1. The SMILES string of the molecule is CCN1CCCC(CNC(F)(F)F)C1. The zero-order valence-electron chi connectivity index (χ0n) is 8.40. The monoisotopic (exact) mass is 210 g/mol. The van der Waals surface area contributed by atoms with Gasteiger partial charge in [-0.05, 0) is 31.8 Å². The summed E-state index contributed by atoms with van der Waals surface area (Å²) in [6.45, 7) is 4.85. The molecule has 1 aliphatic rings. The molecule has 0 amide bonds. The van der Waals surface area contributed by atoms with E-state index in [9.17, 15) is 13.2 Å². The number of hydrogen-bond donors (Lipinski definition) is 1. The van der Waals surface area contributed by atoms with E-state index >= 15 is 0 Å². The zero-order chi connectivity index (χ0) is 10.6. The van der Waals surface area contributed by atoms with E-state index in [0.717, 1.165) is 32.5 Å². The molecule has 1 atom stereocenters. The van der Waals surface area contributed by atoms with Crippen LogP contribution in [0.4, 0.5) is 13.2 Å². The van der Waals surface area contributed by atoms with Crippen LogP contribution in [0.5, 0.6) is 0 Å². The summed E-state index contributed by atoms with van der Waals surface area (Å²) in [5.74, 6) is 0.144. The second-order valence-corrected chi connectivity index (χ2v) is 3.78. The molecule has 1 heterocycles. The fraction of sp³-hybridized carbons (Fsp3) is 1.00. The van der Waals surface area contributed by atoms with E-state index < -0.39 is 6.30 Å². The van der Waals surface area contributed by atoms with Crippen LogP contribution >= 0.6 is 0 Å². The Balaban J connectivity index is 2.24. The maximum Gasteiger partial charge on any atom is 0.457 e. The topological polar surface area (TPSA) is 15.3 Å². The van der Waals surface area contributed by atoms with Crippen molar-refractivity contribution in [2.75, 3.05) is 26.2 Å². The first-order chi connectivity index (χ1) is 6.51. The maximum absolute atomic E-state index is 11.9. The molecule has 0 bridgehead atoms. The van der Waals surface area contributed by atoms with Gasteiger partial charge < -0.3 is 4.90 Å². The number of nitrogens with zero attached hydrogens (tertiary/aromatic N) is 1. The molecule has 0 saturated carbocycles. The van der Waals surface area contributed by atoms with Crippen LogP contribution in [0, 0.1) is 5.92 Å². The normalized spacial score (nSPS) is 25.3. The van der Waals surface area contributed by atoms with E-state index in [2.05, 4.69) is 4.90 Å². The molecule has 1 aliphatic heterocycles. The molecule has 0 aromatic heterocycles. The molecule has 1 fully saturated rings. The Kier molecular flexibility index (Phi) is 4.19. The molecule has 2 nitrogen and oxygen atoms in total. The molecule has 1 unspecified atom stereocenters. The molecular formula is C9H17F3N2. The number of hydrogen-bond acceptors (Lipinski definition) is 2. The highest BCUT2D eigenvalue weighted by atomic mass is 19.4. The highest BCUT2D eigenvalue weighted by Gasteiger charge is 2.28. The first-order valence-corrected chi connectivity index (χ1v) is 5.05. The van der Waals surface area contributed by atoms with Crippen molar-refractivity contribution in [1.29, 1.82) is 0 Å². The molecule has 1 N–H and O–H groups in total. The number of likely N-dealkylation sites (tertiary alicyclic amines) is 1. The van der Waals surface area contributed by atoms with Gasteiger partial charge >= 0.3 is 6.30 Å². The van der Waals surface area contributed by atoms with Gasteiger partial charge in [0.05, 0.1) is 0 Å². The van der Waals surface area contributed by atoms with Crippen LogP contribution in [0.15, 0.2) is 0 Å². The van der Waals surface area contributed by atoms with E-state index in [-0.39, 0.29) is 12.5 Å². The maximum atomic E-state index is 11.9. The van der Waals surface area contributed by atoms with Crippen molar-refractivity contribution < 1.29 is 13.2 Å². The summed E-state index contributed by atoms with van der Waals surface area (Å²) in [4.78, 5) is 2.20. The summed E-state index contributed by atoms with van der Waals surface area (Å²) in [7, 11) is 0. The first kappa shape index (κ1) is 11.8. The Morgan fingerprint density at radius 3 is 2.71 bits per heavy atom. The second kappa shape index (κ2) is 4.98. The van der Waals surface area contributed by atoms with Gasteiger partial charge in [0.1, 0.15) is 0 Å². The number of nitrogens with one attached hydrogen (secondary N) is 1. The predicted octanol–water partition coefficient (Wildman–Crippen LogP) is 1.83. The Morgan fingerprint density at radius 1 is 1.43 bits per heavy atom. The summed E-state index contributed by atoms with van der Waals surface area (Å²) >= 11 is 0. The smallest absolute Gasteiger partial charge is 0.303 e. The van der Waals surface area contributed by atoms with Gasteiger partial charge in [0.25, 0.3) is 0 Å². The third-order valence-corrected chi connectivity index (χ3v) is 2.64. The molecule has 84 valence electrons. The van der Waals surface area contributed by atoms with Crippen molar-refractivity contribution in [3.05, 3.63) is 0 Å². The third-order valence-electron chi connectivity index (χ3n) is 2.64. The van der Waals surface area contributed by atoms with Gasteiger partial charge in [-0.15, -0.1) is 0 Å². The van der Waals surface area contributed by atoms with Gasteiger partial charge in [0, 0.05) is 13.1 Å². The van der Waals surface area contributed by atoms with E-state index in [1.807, 2.05) is 6.92 Å². The lowest BCUT2D eigenvalue weighted by molar-refractivity contribution is -0.159. The summed E-state index contributed by atoms with van der Waals surface area (Å²) in [6, 6.07) is 0. The van der Waals surface area contributed by atoms with Crippen molar-refractivity contribution in [2.24, 2.45) is 5.92 Å². The molecule has 0 aliphatic carbocycles. The third kappa shape index (κ3) is 4.28. The minimum Gasteiger partial charge on any atom is -0.303 e. The Morgan fingerprint density at radius 2 is 2.14 bits per heavy atom. The summed E-state index contributed by atoms with van der Waals surface area (Å²) < 4.78 is 35.6. The average molecular weight is 210 g/mol. The zero-order valence-corrected chi connectivity index (χ0v) is 8.40. The van der Waals surface area contributed by atoms with Gasteiger partial charge in [0.15, 0.2) is 0 Å². The molecule has 0 spiro atoms. The lowest BCUT2D eigenvalue weighted by Crippen LogP contribution is -2.43.